The van der Waals surface area contributed by atoms with Gasteiger partial charge in [0.2, 0.25) is 5.91 Å². The van der Waals surface area contributed by atoms with Gasteiger partial charge in [-0.05, 0) is 31.0 Å². The molecule has 2 amide bonds. The van der Waals surface area contributed by atoms with Crippen molar-refractivity contribution in [2.24, 2.45) is 0 Å². The number of carbonyl (C=O) groups is 2. The summed E-state index contributed by atoms with van der Waals surface area (Å²) in [5, 5.41) is 11.7. The average Bonchev–Trinajstić information content (AvgIpc) is 2.77. The summed E-state index contributed by atoms with van der Waals surface area (Å²) in [6.45, 7) is 0.423. The third-order valence-corrected chi connectivity index (χ3v) is 3.39. The number of hydrogen-bond donors (Lipinski definition) is 2. The van der Waals surface area contributed by atoms with Crippen LogP contribution in [0.3, 0.4) is 0 Å². The molecule has 2 N–H and O–H groups in total. The molecule has 1 atom stereocenters. The van der Waals surface area contributed by atoms with E-state index in [1.54, 1.807) is 12.1 Å². The molecule has 1 aromatic carbocycles. The van der Waals surface area contributed by atoms with Crippen molar-refractivity contribution in [2.75, 3.05) is 11.9 Å². The molecule has 1 unspecified atom stereocenters. The molecule has 2 rings (SSSR count). The number of carbonyl (C=O) groups excluding carboxylic acids is 1. The maximum Gasteiger partial charge on any atom is 0.407 e. The van der Waals surface area contributed by atoms with Gasteiger partial charge in [-0.25, -0.2) is 4.79 Å². The maximum atomic E-state index is 12.0. The number of nitrogens with one attached hydrogen (secondary N) is 1. The summed E-state index contributed by atoms with van der Waals surface area (Å²) >= 11 is 3.31. The second-order valence-corrected chi connectivity index (χ2v) is 5.05. The Morgan fingerprint density at radius 1 is 1.44 bits per heavy atom. The van der Waals surface area contributed by atoms with Crippen LogP contribution in [0.15, 0.2) is 28.7 Å². The van der Waals surface area contributed by atoms with Crippen LogP contribution in [-0.4, -0.2) is 34.6 Å². The normalized spacial score (nSPS) is 18.7. The van der Waals surface area contributed by atoms with Crippen molar-refractivity contribution in [1.82, 2.24) is 4.90 Å². The standard InChI is InChI=1S/C12H13BrN2O3/c13-8-3-1-4-9(7-8)14-11(16)10-5-2-6-15(10)12(17)18/h1,3-4,7,10H,2,5-6H2,(H,14,16)(H,17,18). The first kappa shape index (κ1) is 12.9. The molecule has 1 aliphatic rings. The lowest BCUT2D eigenvalue weighted by Crippen LogP contribution is -2.42. The van der Waals surface area contributed by atoms with E-state index >= 15 is 0 Å². The van der Waals surface area contributed by atoms with Crippen molar-refractivity contribution in [3.63, 3.8) is 0 Å². The fourth-order valence-corrected chi connectivity index (χ4v) is 2.46. The zero-order chi connectivity index (χ0) is 13.1. The Labute approximate surface area is 113 Å². The fraction of sp³-hybridized carbons (Fsp3) is 0.333. The van der Waals surface area contributed by atoms with Crippen LogP contribution in [0.2, 0.25) is 0 Å². The Hall–Kier alpha value is -1.56. The predicted octanol–water partition coefficient (Wildman–Crippen LogP) is 2.53. The Bertz CT molecular complexity index is 478. The highest BCUT2D eigenvalue weighted by Gasteiger charge is 2.33. The number of benzene rings is 1. The lowest BCUT2D eigenvalue weighted by atomic mass is 10.2. The molecule has 0 bridgehead atoms. The number of nitrogens with zero attached hydrogens (tertiary/aromatic N) is 1. The van der Waals surface area contributed by atoms with Gasteiger partial charge in [0.25, 0.3) is 0 Å². The number of hydrogen-bond acceptors (Lipinski definition) is 2. The van der Waals surface area contributed by atoms with E-state index in [0.717, 1.165) is 10.9 Å². The topological polar surface area (TPSA) is 69.6 Å². The summed E-state index contributed by atoms with van der Waals surface area (Å²) in [6.07, 6.45) is 0.261. The Balaban J connectivity index is 2.06. The molecule has 1 heterocycles. The van der Waals surface area contributed by atoms with Crippen LogP contribution in [0.25, 0.3) is 0 Å². The molecule has 0 saturated carbocycles. The first-order chi connectivity index (χ1) is 8.58. The minimum absolute atomic E-state index is 0.270. The Morgan fingerprint density at radius 3 is 2.89 bits per heavy atom. The van der Waals surface area contributed by atoms with Crippen LogP contribution in [-0.2, 0) is 4.79 Å². The fourth-order valence-electron chi connectivity index (χ4n) is 2.06. The molecule has 0 aliphatic carbocycles. The quantitative estimate of drug-likeness (QED) is 0.881. The van der Waals surface area contributed by atoms with E-state index in [9.17, 15) is 9.59 Å². The third-order valence-electron chi connectivity index (χ3n) is 2.89. The van der Waals surface area contributed by atoms with Gasteiger partial charge in [0.1, 0.15) is 6.04 Å². The van der Waals surface area contributed by atoms with Crippen molar-refractivity contribution in [1.29, 1.82) is 0 Å². The van der Waals surface area contributed by atoms with Gasteiger partial charge in [-0.3, -0.25) is 9.69 Å². The Morgan fingerprint density at radius 2 is 2.22 bits per heavy atom. The number of likely N-dealkylation sites (tertiary alicyclic amines) is 1. The van der Waals surface area contributed by atoms with Crippen LogP contribution >= 0.6 is 15.9 Å². The van der Waals surface area contributed by atoms with Gasteiger partial charge in [-0.2, -0.15) is 0 Å². The van der Waals surface area contributed by atoms with Crippen LogP contribution in [0.5, 0.6) is 0 Å². The van der Waals surface area contributed by atoms with Crippen LogP contribution < -0.4 is 5.32 Å². The zero-order valence-electron chi connectivity index (χ0n) is 9.60. The van der Waals surface area contributed by atoms with Crippen molar-refractivity contribution in [3.8, 4) is 0 Å². The molecule has 6 heteroatoms. The molecular formula is C12H13BrN2O3. The lowest BCUT2D eigenvalue weighted by molar-refractivity contribution is -0.119. The number of halogens is 1. The van der Waals surface area contributed by atoms with E-state index < -0.39 is 12.1 Å². The SMILES string of the molecule is O=C(Nc1cccc(Br)c1)C1CCCN1C(=O)O. The van der Waals surface area contributed by atoms with Gasteiger partial charge in [0, 0.05) is 16.7 Å². The number of carboxylic acid groups (broad SMARTS) is 1. The highest BCUT2D eigenvalue weighted by molar-refractivity contribution is 9.10. The zero-order valence-corrected chi connectivity index (χ0v) is 11.2. The number of amides is 2. The van der Waals surface area contributed by atoms with Gasteiger partial charge in [0.05, 0.1) is 0 Å². The number of rotatable bonds is 2. The molecule has 96 valence electrons. The Kier molecular flexibility index (Phi) is 3.86. The molecular weight excluding hydrogens is 300 g/mol. The second-order valence-electron chi connectivity index (χ2n) is 4.13. The maximum absolute atomic E-state index is 12.0. The molecule has 0 radical (unpaired) electrons. The van der Waals surface area contributed by atoms with Crippen LogP contribution in [0, 0.1) is 0 Å². The largest absolute Gasteiger partial charge is 0.465 e. The summed E-state index contributed by atoms with van der Waals surface area (Å²) < 4.78 is 0.863. The van der Waals surface area contributed by atoms with E-state index in [0.29, 0.717) is 18.7 Å². The van der Waals surface area contributed by atoms with E-state index in [1.807, 2.05) is 12.1 Å². The summed E-state index contributed by atoms with van der Waals surface area (Å²) in [7, 11) is 0. The lowest BCUT2D eigenvalue weighted by Gasteiger charge is -2.20. The summed E-state index contributed by atoms with van der Waals surface area (Å²) in [6, 6.07) is 6.63. The molecule has 5 nitrogen and oxygen atoms in total. The summed E-state index contributed by atoms with van der Waals surface area (Å²) in [5.41, 5.74) is 0.659. The molecule has 1 fully saturated rings. The monoisotopic (exact) mass is 312 g/mol. The third kappa shape index (κ3) is 2.81. The smallest absolute Gasteiger partial charge is 0.407 e. The van der Waals surface area contributed by atoms with E-state index in [2.05, 4.69) is 21.2 Å². The van der Waals surface area contributed by atoms with Gasteiger partial charge in [-0.1, -0.05) is 22.0 Å². The predicted molar refractivity (Wildman–Crippen MR) is 70.5 cm³/mol. The molecule has 1 saturated heterocycles. The molecule has 1 aliphatic heterocycles. The van der Waals surface area contributed by atoms with Gasteiger partial charge in [-0.15, -0.1) is 0 Å². The molecule has 0 spiro atoms. The molecule has 0 aromatic heterocycles. The van der Waals surface area contributed by atoms with E-state index in [4.69, 9.17) is 5.11 Å². The molecule has 18 heavy (non-hydrogen) atoms. The van der Waals surface area contributed by atoms with Crippen molar-refractivity contribution in [2.45, 2.75) is 18.9 Å². The summed E-state index contributed by atoms with van der Waals surface area (Å²) in [5.74, 6) is -0.270. The second kappa shape index (κ2) is 5.39. The van der Waals surface area contributed by atoms with E-state index in [1.165, 1.54) is 4.90 Å². The average molecular weight is 313 g/mol. The van der Waals surface area contributed by atoms with E-state index in [-0.39, 0.29) is 5.91 Å². The van der Waals surface area contributed by atoms with Crippen molar-refractivity contribution < 1.29 is 14.7 Å². The minimum Gasteiger partial charge on any atom is -0.465 e. The van der Waals surface area contributed by atoms with Crippen molar-refractivity contribution >= 4 is 33.6 Å². The number of anilines is 1. The van der Waals surface area contributed by atoms with Gasteiger partial charge in [0.15, 0.2) is 0 Å². The van der Waals surface area contributed by atoms with Gasteiger partial charge >= 0.3 is 6.09 Å². The highest BCUT2D eigenvalue weighted by atomic mass is 79.9. The first-order valence-corrected chi connectivity index (χ1v) is 6.43. The molecule has 1 aromatic rings. The highest BCUT2D eigenvalue weighted by Crippen LogP contribution is 2.20. The van der Waals surface area contributed by atoms with Crippen molar-refractivity contribution in [3.05, 3.63) is 28.7 Å². The van der Waals surface area contributed by atoms with Crippen LogP contribution in [0.1, 0.15) is 12.8 Å². The first-order valence-electron chi connectivity index (χ1n) is 5.64. The summed E-state index contributed by atoms with van der Waals surface area (Å²) in [4.78, 5) is 24.2. The van der Waals surface area contributed by atoms with Crippen LogP contribution in [0.4, 0.5) is 10.5 Å². The minimum atomic E-state index is -1.04. The van der Waals surface area contributed by atoms with Gasteiger partial charge < -0.3 is 10.4 Å².